The molecule has 1 aliphatic rings. The van der Waals surface area contributed by atoms with Crippen molar-refractivity contribution < 1.29 is 22.3 Å². The predicted octanol–water partition coefficient (Wildman–Crippen LogP) is 4.88. The summed E-state index contributed by atoms with van der Waals surface area (Å²) in [5, 5.41) is 2.04. The van der Waals surface area contributed by atoms with E-state index >= 15 is 0 Å². The first-order valence-electron chi connectivity index (χ1n) is 10.6. The van der Waals surface area contributed by atoms with Crippen molar-refractivity contribution in [3.63, 3.8) is 0 Å². The lowest BCUT2D eigenvalue weighted by molar-refractivity contribution is 0.0925. The second-order valence-corrected chi connectivity index (χ2v) is 10.6. The molecule has 0 spiro atoms. The molecule has 1 aromatic heterocycles. The molecule has 1 atom stereocenters. The molecule has 32 heavy (non-hydrogen) atoms. The van der Waals surface area contributed by atoms with Gasteiger partial charge in [0.25, 0.3) is 0 Å². The molecule has 3 aromatic rings. The zero-order valence-electron chi connectivity index (χ0n) is 17.7. The largest absolute Gasteiger partial charge is 0.493 e. The highest BCUT2D eigenvalue weighted by Gasteiger charge is 2.31. The van der Waals surface area contributed by atoms with E-state index < -0.39 is 15.8 Å². The molecule has 0 N–H and O–H groups in total. The maximum absolute atomic E-state index is 14.4. The minimum absolute atomic E-state index is 0.110. The molecule has 2 aromatic carbocycles. The number of benzene rings is 2. The van der Waals surface area contributed by atoms with Crippen LogP contribution in [0.4, 0.5) is 4.39 Å². The third-order valence-corrected chi connectivity index (χ3v) is 8.12. The van der Waals surface area contributed by atoms with Crippen molar-refractivity contribution in [2.24, 2.45) is 0 Å². The molecule has 2 heterocycles. The van der Waals surface area contributed by atoms with Gasteiger partial charge in [-0.25, -0.2) is 12.8 Å². The molecule has 1 saturated heterocycles. The van der Waals surface area contributed by atoms with E-state index in [1.807, 2.05) is 35.7 Å². The van der Waals surface area contributed by atoms with Crippen LogP contribution in [0.1, 0.15) is 23.3 Å². The van der Waals surface area contributed by atoms with Crippen molar-refractivity contribution in [3.05, 3.63) is 82.3 Å². The quantitative estimate of drug-likeness (QED) is 0.419. The smallest absolute Gasteiger partial charge is 0.246 e. The second-order valence-electron chi connectivity index (χ2n) is 7.69. The van der Waals surface area contributed by atoms with Gasteiger partial charge in [-0.2, -0.15) is 4.31 Å². The van der Waals surface area contributed by atoms with E-state index in [2.05, 4.69) is 6.07 Å². The fourth-order valence-corrected chi connectivity index (χ4v) is 5.93. The number of nitrogens with zero attached hydrogens (tertiary/aromatic N) is 1. The number of rotatable bonds is 10. The normalized spacial score (nSPS) is 16.5. The minimum atomic E-state index is -4.04. The van der Waals surface area contributed by atoms with Gasteiger partial charge in [0.1, 0.15) is 16.5 Å². The van der Waals surface area contributed by atoms with Crippen LogP contribution in [0.3, 0.4) is 0 Å². The van der Waals surface area contributed by atoms with Crippen molar-refractivity contribution in [1.29, 1.82) is 0 Å². The van der Waals surface area contributed by atoms with E-state index in [0.29, 0.717) is 19.0 Å². The summed E-state index contributed by atoms with van der Waals surface area (Å²) in [6.45, 7) is 1.45. The SMILES string of the molecule is O=S(=O)(c1ccccc1F)N(Cc1cccc(OCCc2cccs2)c1)CC1CCCO1. The minimum Gasteiger partial charge on any atom is -0.493 e. The Morgan fingerprint density at radius 1 is 1.12 bits per heavy atom. The fourth-order valence-electron chi connectivity index (χ4n) is 3.72. The molecule has 1 fully saturated rings. The van der Waals surface area contributed by atoms with Crippen molar-refractivity contribution in [3.8, 4) is 5.75 Å². The maximum atomic E-state index is 14.4. The maximum Gasteiger partial charge on any atom is 0.246 e. The topological polar surface area (TPSA) is 55.8 Å². The fraction of sp³-hybridized carbons (Fsp3) is 0.333. The molecule has 0 bridgehead atoms. The lowest BCUT2D eigenvalue weighted by atomic mass is 10.2. The van der Waals surface area contributed by atoms with Gasteiger partial charge in [0.05, 0.1) is 12.7 Å². The van der Waals surface area contributed by atoms with Crippen molar-refractivity contribution >= 4 is 21.4 Å². The lowest BCUT2D eigenvalue weighted by Crippen LogP contribution is -2.37. The highest BCUT2D eigenvalue weighted by molar-refractivity contribution is 7.89. The highest BCUT2D eigenvalue weighted by Crippen LogP contribution is 2.25. The molecular weight excluding hydrogens is 449 g/mol. The molecule has 170 valence electrons. The molecule has 5 nitrogen and oxygen atoms in total. The first kappa shape index (κ1) is 22.9. The van der Waals surface area contributed by atoms with Gasteiger partial charge in [-0.3, -0.25) is 0 Å². The Kier molecular flexibility index (Phi) is 7.57. The first-order chi connectivity index (χ1) is 15.5. The summed E-state index contributed by atoms with van der Waals surface area (Å²) in [5.74, 6) is -0.0742. The van der Waals surface area contributed by atoms with E-state index in [0.717, 1.165) is 24.8 Å². The Morgan fingerprint density at radius 3 is 2.75 bits per heavy atom. The third kappa shape index (κ3) is 5.75. The number of ether oxygens (including phenoxy) is 2. The molecule has 0 radical (unpaired) electrons. The molecule has 0 amide bonds. The molecule has 0 aliphatic carbocycles. The second kappa shape index (κ2) is 10.6. The number of hydrogen-bond acceptors (Lipinski definition) is 5. The average Bonchev–Trinajstić information content (AvgIpc) is 3.48. The molecular formula is C24H26FNO4S2. The number of halogens is 1. The zero-order chi connectivity index (χ0) is 22.4. The standard InChI is InChI=1S/C24H26FNO4S2/c25-23-10-1-2-11-24(23)32(27,28)26(18-21-8-4-13-29-21)17-19-6-3-7-20(16-19)30-14-12-22-9-5-15-31-22/h1-3,5-7,9-11,15-16,21H,4,8,12-14,17-18H2. The molecule has 4 rings (SSSR count). The van der Waals surface area contributed by atoms with E-state index in [9.17, 15) is 12.8 Å². The van der Waals surface area contributed by atoms with Crippen LogP contribution in [0.2, 0.25) is 0 Å². The van der Waals surface area contributed by atoms with Crippen LogP contribution in [0, 0.1) is 5.82 Å². The molecule has 0 saturated carbocycles. The van der Waals surface area contributed by atoms with E-state index in [1.165, 1.54) is 33.4 Å². The van der Waals surface area contributed by atoms with Gasteiger partial charge in [-0.1, -0.05) is 30.3 Å². The van der Waals surface area contributed by atoms with Gasteiger partial charge in [-0.15, -0.1) is 11.3 Å². The van der Waals surface area contributed by atoms with Gasteiger partial charge in [-0.05, 0) is 54.1 Å². The van der Waals surface area contributed by atoms with Crippen LogP contribution in [0.15, 0.2) is 70.9 Å². The van der Waals surface area contributed by atoms with Gasteiger partial charge in [0.15, 0.2) is 0 Å². The lowest BCUT2D eigenvalue weighted by Gasteiger charge is -2.25. The number of thiophene rings is 1. The van der Waals surface area contributed by atoms with Crippen LogP contribution >= 0.6 is 11.3 Å². The Balaban J connectivity index is 1.51. The predicted molar refractivity (Wildman–Crippen MR) is 123 cm³/mol. The summed E-state index contributed by atoms with van der Waals surface area (Å²) < 4.78 is 53.9. The van der Waals surface area contributed by atoms with E-state index in [1.54, 1.807) is 11.3 Å². The Labute approximate surface area is 192 Å². The summed E-state index contributed by atoms with van der Waals surface area (Å²) in [6, 6.07) is 17.0. The van der Waals surface area contributed by atoms with Gasteiger partial charge >= 0.3 is 0 Å². The van der Waals surface area contributed by atoms with Crippen molar-refractivity contribution in [2.45, 2.75) is 36.8 Å². The Bertz CT molecular complexity index is 1110. The van der Waals surface area contributed by atoms with Crippen molar-refractivity contribution in [1.82, 2.24) is 4.31 Å². The molecule has 8 heteroatoms. The number of hydrogen-bond donors (Lipinski definition) is 0. The first-order valence-corrected chi connectivity index (χ1v) is 12.9. The summed E-state index contributed by atoms with van der Waals surface area (Å²) >= 11 is 1.69. The van der Waals surface area contributed by atoms with Gasteiger partial charge in [0.2, 0.25) is 10.0 Å². The number of sulfonamides is 1. The molecule has 1 aliphatic heterocycles. The van der Waals surface area contributed by atoms with E-state index in [-0.39, 0.29) is 24.1 Å². The van der Waals surface area contributed by atoms with Crippen LogP contribution in [-0.2, 0) is 27.7 Å². The van der Waals surface area contributed by atoms with Crippen LogP contribution in [0.5, 0.6) is 5.75 Å². The van der Waals surface area contributed by atoms with Crippen molar-refractivity contribution in [2.75, 3.05) is 19.8 Å². The average molecular weight is 476 g/mol. The summed E-state index contributed by atoms with van der Waals surface area (Å²) in [7, 11) is -4.04. The van der Waals surface area contributed by atoms with Crippen LogP contribution < -0.4 is 4.74 Å². The monoisotopic (exact) mass is 475 g/mol. The summed E-state index contributed by atoms with van der Waals surface area (Å²) in [5.41, 5.74) is 0.775. The third-order valence-electron chi connectivity index (χ3n) is 5.34. The Morgan fingerprint density at radius 2 is 2.00 bits per heavy atom. The summed E-state index contributed by atoms with van der Waals surface area (Å²) in [4.78, 5) is 0.932. The van der Waals surface area contributed by atoms with Gasteiger partial charge < -0.3 is 9.47 Å². The van der Waals surface area contributed by atoms with E-state index in [4.69, 9.17) is 9.47 Å². The van der Waals surface area contributed by atoms with Crippen LogP contribution in [0.25, 0.3) is 0 Å². The zero-order valence-corrected chi connectivity index (χ0v) is 19.3. The highest BCUT2D eigenvalue weighted by atomic mass is 32.2. The van der Waals surface area contributed by atoms with Crippen LogP contribution in [-0.4, -0.2) is 38.6 Å². The molecule has 1 unspecified atom stereocenters. The Hall–Kier alpha value is -2.26. The summed E-state index contributed by atoms with van der Waals surface area (Å²) in [6.07, 6.45) is 2.30. The van der Waals surface area contributed by atoms with Gasteiger partial charge in [0, 0.05) is 31.0 Å².